The van der Waals surface area contributed by atoms with Crippen molar-refractivity contribution >= 4 is 5.69 Å². The van der Waals surface area contributed by atoms with Crippen LogP contribution in [0.2, 0.25) is 0 Å². The van der Waals surface area contributed by atoms with Gasteiger partial charge in [-0.1, -0.05) is 6.07 Å². The molecule has 13 heavy (non-hydrogen) atoms. The van der Waals surface area contributed by atoms with Crippen LogP contribution in [-0.4, -0.2) is 11.9 Å². The smallest absolute Gasteiger partial charge is 0.0408 e. The summed E-state index contributed by atoms with van der Waals surface area (Å²) in [4.78, 5) is 2.34. The van der Waals surface area contributed by atoms with Crippen LogP contribution in [0, 0.1) is 0 Å². The number of fused-ring (bicyclic) bond motifs is 1. The monoisotopic (exact) mass is 176 g/mol. The molecule has 0 saturated carbocycles. The summed E-state index contributed by atoms with van der Waals surface area (Å²) in [6.45, 7) is 5.50. The number of hydrogen-bond acceptors (Lipinski definition) is 2. The van der Waals surface area contributed by atoms with Gasteiger partial charge in [0.05, 0.1) is 0 Å². The first-order chi connectivity index (χ1) is 6.01. The Balaban J connectivity index is 2.55. The second-order valence-electron chi connectivity index (χ2n) is 4.33. The summed E-state index contributed by atoms with van der Waals surface area (Å²) in [5, 5.41) is 0. The lowest BCUT2D eigenvalue weighted by molar-refractivity contribution is 0.178. The van der Waals surface area contributed by atoms with E-state index < -0.39 is 0 Å². The third kappa shape index (κ3) is 1.13. The molecule has 2 heteroatoms. The molecule has 0 unspecified atom stereocenters. The molecule has 2 rings (SSSR count). The lowest BCUT2D eigenvalue weighted by atomic mass is 9.94. The minimum atomic E-state index is 0.156. The van der Waals surface area contributed by atoms with E-state index in [-0.39, 0.29) is 5.54 Å². The van der Waals surface area contributed by atoms with E-state index in [1.165, 1.54) is 11.1 Å². The van der Waals surface area contributed by atoms with Crippen LogP contribution in [0.15, 0.2) is 18.2 Å². The highest BCUT2D eigenvalue weighted by atomic mass is 15.2. The SMILES string of the molecule is CN1Cc2cc(N)ccc2C1(C)C. The van der Waals surface area contributed by atoms with Crippen molar-refractivity contribution < 1.29 is 0 Å². The molecule has 0 bridgehead atoms. The van der Waals surface area contributed by atoms with Gasteiger partial charge in [0, 0.05) is 17.8 Å². The van der Waals surface area contributed by atoms with Gasteiger partial charge in [0.25, 0.3) is 0 Å². The average Bonchev–Trinajstić information content (AvgIpc) is 2.23. The van der Waals surface area contributed by atoms with Crippen LogP contribution in [-0.2, 0) is 12.1 Å². The molecular weight excluding hydrogens is 160 g/mol. The van der Waals surface area contributed by atoms with Crippen molar-refractivity contribution in [3.8, 4) is 0 Å². The summed E-state index contributed by atoms with van der Waals surface area (Å²) < 4.78 is 0. The lowest BCUT2D eigenvalue weighted by Gasteiger charge is -2.28. The Kier molecular flexibility index (Phi) is 1.64. The van der Waals surface area contributed by atoms with Crippen LogP contribution in [0.5, 0.6) is 0 Å². The van der Waals surface area contributed by atoms with E-state index in [9.17, 15) is 0 Å². The maximum atomic E-state index is 5.75. The van der Waals surface area contributed by atoms with Gasteiger partial charge in [-0.15, -0.1) is 0 Å². The second-order valence-corrected chi connectivity index (χ2v) is 4.33. The first-order valence-corrected chi connectivity index (χ1v) is 4.62. The number of rotatable bonds is 0. The Morgan fingerprint density at radius 1 is 1.38 bits per heavy atom. The lowest BCUT2D eigenvalue weighted by Crippen LogP contribution is -2.31. The maximum Gasteiger partial charge on any atom is 0.0408 e. The van der Waals surface area contributed by atoms with Gasteiger partial charge in [-0.2, -0.15) is 0 Å². The van der Waals surface area contributed by atoms with Crippen LogP contribution in [0.1, 0.15) is 25.0 Å². The summed E-state index contributed by atoms with van der Waals surface area (Å²) in [5.41, 5.74) is 9.54. The van der Waals surface area contributed by atoms with Gasteiger partial charge in [0.1, 0.15) is 0 Å². The molecule has 1 heterocycles. The molecule has 1 aromatic rings. The molecule has 0 fully saturated rings. The van der Waals surface area contributed by atoms with Crippen LogP contribution in [0.25, 0.3) is 0 Å². The van der Waals surface area contributed by atoms with Crippen molar-refractivity contribution in [1.29, 1.82) is 0 Å². The molecular formula is C11H16N2. The van der Waals surface area contributed by atoms with E-state index in [2.05, 4.69) is 37.9 Å². The van der Waals surface area contributed by atoms with Crippen molar-refractivity contribution in [2.75, 3.05) is 12.8 Å². The van der Waals surface area contributed by atoms with Gasteiger partial charge < -0.3 is 5.73 Å². The van der Waals surface area contributed by atoms with Crippen LogP contribution in [0.3, 0.4) is 0 Å². The van der Waals surface area contributed by atoms with E-state index in [1.54, 1.807) is 0 Å². The largest absolute Gasteiger partial charge is 0.399 e. The molecule has 1 aromatic carbocycles. The van der Waals surface area contributed by atoms with Crippen molar-refractivity contribution in [1.82, 2.24) is 4.90 Å². The Hall–Kier alpha value is -1.02. The standard InChI is InChI=1S/C11H16N2/c1-11(2)10-5-4-9(12)6-8(10)7-13(11)3/h4-6H,7,12H2,1-3H3. The van der Waals surface area contributed by atoms with Crippen molar-refractivity contribution in [2.45, 2.75) is 25.9 Å². The molecule has 0 atom stereocenters. The van der Waals surface area contributed by atoms with Crippen LogP contribution in [0.4, 0.5) is 5.69 Å². The summed E-state index contributed by atoms with van der Waals surface area (Å²) in [6.07, 6.45) is 0. The summed E-state index contributed by atoms with van der Waals surface area (Å²) in [5.74, 6) is 0. The highest BCUT2D eigenvalue weighted by molar-refractivity contribution is 5.48. The van der Waals surface area contributed by atoms with Crippen molar-refractivity contribution in [2.24, 2.45) is 0 Å². The second kappa shape index (κ2) is 2.48. The first kappa shape index (κ1) is 8.57. The van der Waals surface area contributed by atoms with E-state index in [0.29, 0.717) is 0 Å². The Labute approximate surface area is 79.4 Å². The normalized spacial score (nSPS) is 20.2. The number of hydrogen-bond donors (Lipinski definition) is 1. The Bertz CT molecular complexity index is 342. The number of benzene rings is 1. The third-order valence-electron chi connectivity index (χ3n) is 3.15. The van der Waals surface area contributed by atoms with Gasteiger partial charge in [-0.25, -0.2) is 0 Å². The quantitative estimate of drug-likeness (QED) is 0.612. The summed E-state index contributed by atoms with van der Waals surface area (Å²) >= 11 is 0. The highest BCUT2D eigenvalue weighted by Crippen LogP contribution is 2.37. The Morgan fingerprint density at radius 2 is 2.08 bits per heavy atom. The molecule has 0 aliphatic carbocycles. The molecule has 0 spiro atoms. The minimum absolute atomic E-state index is 0.156. The topological polar surface area (TPSA) is 29.3 Å². The molecule has 2 nitrogen and oxygen atoms in total. The van der Waals surface area contributed by atoms with Crippen molar-refractivity contribution in [3.05, 3.63) is 29.3 Å². The minimum Gasteiger partial charge on any atom is -0.399 e. The fraction of sp³-hybridized carbons (Fsp3) is 0.455. The Morgan fingerprint density at radius 3 is 2.77 bits per heavy atom. The molecule has 1 aliphatic rings. The number of anilines is 1. The molecule has 0 radical (unpaired) electrons. The van der Waals surface area contributed by atoms with E-state index in [1.807, 2.05) is 6.07 Å². The van der Waals surface area contributed by atoms with Gasteiger partial charge in [-0.3, -0.25) is 4.90 Å². The molecule has 0 aromatic heterocycles. The molecule has 0 amide bonds. The fourth-order valence-corrected chi connectivity index (χ4v) is 2.00. The zero-order valence-corrected chi connectivity index (χ0v) is 8.46. The highest BCUT2D eigenvalue weighted by Gasteiger charge is 2.34. The predicted octanol–water partition coefficient (Wildman–Crippen LogP) is 1.95. The van der Waals surface area contributed by atoms with Crippen LogP contribution < -0.4 is 5.73 Å². The number of nitrogens with two attached hydrogens (primary N) is 1. The number of nitrogens with zero attached hydrogens (tertiary/aromatic N) is 1. The van der Waals surface area contributed by atoms with E-state index in [0.717, 1.165) is 12.2 Å². The molecule has 70 valence electrons. The van der Waals surface area contributed by atoms with Gasteiger partial charge in [-0.05, 0) is 44.2 Å². The summed E-state index contributed by atoms with van der Waals surface area (Å²) in [6, 6.07) is 6.22. The average molecular weight is 176 g/mol. The molecule has 2 N–H and O–H groups in total. The molecule has 0 saturated heterocycles. The van der Waals surface area contributed by atoms with Crippen LogP contribution >= 0.6 is 0 Å². The molecule has 1 aliphatic heterocycles. The maximum absolute atomic E-state index is 5.75. The zero-order chi connectivity index (χ0) is 9.64. The van der Waals surface area contributed by atoms with Crippen molar-refractivity contribution in [3.63, 3.8) is 0 Å². The first-order valence-electron chi connectivity index (χ1n) is 4.62. The summed E-state index contributed by atoms with van der Waals surface area (Å²) in [7, 11) is 2.15. The predicted molar refractivity (Wildman–Crippen MR) is 55.3 cm³/mol. The van der Waals surface area contributed by atoms with Gasteiger partial charge >= 0.3 is 0 Å². The zero-order valence-electron chi connectivity index (χ0n) is 8.46. The fourth-order valence-electron chi connectivity index (χ4n) is 2.00. The van der Waals surface area contributed by atoms with Gasteiger partial charge in [0.2, 0.25) is 0 Å². The third-order valence-corrected chi connectivity index (χ3v) is 3.15. The van der Waals surface area contributed by atoms with E-state index >= 15 is 0 Å². The van der Waals surface area contributed by atoms with E-state index in [4.69, 9.17) is 5.73 Å². The number of nitrogen functional groups attached to an aromatic ring is 1. The van der Waals surface area contributed by atoms with Gasteiger partial charge in [0.15, 0.2) is 0 Å².